The standard InChI is InChI=1S/C20H28N6O3S/c1-15-4-6-17(7-5-15)22-20(27)16-3-2-12-25(13-16)30(28,29)19-10-8-18(9-11-19)26-14-21-23-24-26/h8-11,14-17H,2-7,12-13H2,1H3,(H,22,27)/t15?,16-,17?/m0/s1. The SMILES string of the molecule is CC1CCC(NC(=O)[C@H]2CCCN(S(=O)(=O)c3ccc(-n4cnnn4)cc3)C2)CC1. The van der Waals surface area contributed by atoms with Gasteiger partial charge in [0.2, 0.25) is 15.9 Å². The summed E-state index contributed by atoms with van der Waals surface area (Å²) in [5.41, 5.74) is 0.677. The lowest BCUT2D eigenvalue weighted by atomic mass is 9.87. The zero-order valence-electron chi connectivity index (χ0n) is 17.1. The van der Waals surface area contributed by atoms with E-state index in [4.69, 9.17) is 0 Å². The van der Waals surface area contributed by atoms with Gasteiger partial charge in [0.1, 0.15) is 6.33 Å². The molecule has 1 saturated heterocycles. The molecule has 2 heterocycles. The Labute approximate surface area is 176 Å². The van der Waals surface area contributed by atoms with Crippen LogP contribution in [-0.2, 0) is 14.8 Å². The van der Waals surface area contributed by atoms with E-state index in [9.17, 15) is 13.2 Å². The largest absolute Gasteiger partial charge is 0.353 e. The number of piperidine rings is 1. The summed E-state index contributed by atoms with van der Waals surface area (Å²) in [5, 5.41) is 14.1. The van der Waals surface area contributed by atoms with Crippen molar-refractivity contribution in [1.82, 2.24) is 29.8 Å². The van der Waals surface area contributed by atoms with Crippen LogP contribution in [0.25, 0.3) is 5.69 Å². The molecule has 0 spiro atoms. The third-order valence-electron chi connectivity index (χ3n) is 6.21. The van der Waals surface area contributed by atoms with E-state index in [-0.39, 0.29) is 29.3 Å². The van der Waals surface area contributed by atoms with E-state index >= 15 is 0 Å². The normalized spacial score (nSPS) is 25.7. The molecule has 9 nitrogen and oxygen atoms in total. The van der Waals surface area contributed by atoms with Gasteiger partial charge >= 0.3 is 0 Å². The fourth-order valence-corrected chi connectivity index (χ4v) is 5.82. The first-order valence-corrected chi connectivity index (χ1v) is 12.0. The van der Waals surface area contributed by atoms with E-state index in [0.717, 1.165) is 38.0 Å². The maximum absolute atomic E-state index is 13.1. The highest BCUT2D eigenvalue weighted by molar-refractivity contribution is 7.89. The van der Waals surface area contributed by atoms with E-state index < -0.39 is 10.0 Å². The van der Waals surface area contributed by atoms with Gasteiger partial charge in [-0.3, -0.25) is 4.79 Å². The predicted molar refractivity (Wildman–Crippen MR) is 110 cm³/mol. The van der Waals surface area contributed by atoms with Crippen molar-refractivity contribution in [2.24, 2.45) is 11.8 Å². The van der Waals surface area contributed by atoms with Crippen molar-refractivity contribution in [2.75, 3.05) is 13.1 Å². The molecule has 1 aromatic heterocycles. The van der Waals surface area contributed by atoms with Gasteiger partial charge in [-0.2, -0.15) is 4.31 Å². The molecule has 0 radical (unpaired) electrons. The molecule has 0 unspecified atom stereocenters. The second kappa shape index (κ2) is 8.81. The fraction of sp³-hybridized carbons (Fsp3) is 0.600. The molecule has 30 heavy (non-hydrogen) atoms. The maximum Gasteiger partial charge on any atom is 0.243 e. The summed E-state index contributed by atoms with van der Waals surface area (Å²) in [6.07, 6.45) is 7.14. The Morgan fingerprint density at radius 1 is 1.10 bits per heavy atom. The summed E-state index contributed by atoms with van der Waals surface area (Å²) in [5.74, 6) is 0.414. The van der Waals surface area contributed by atoms with Crippen LogP contribution in [0.3, 0.4) is 0 Å². The quantitative estimate of drug-likeness (QED) is 0.771. The van der Waals surface area contributed by atoms with Crippen molar-refractivity contribution in [1.29, 1.82) is 0 Å². The van der Waals surface area contributed by atoms with Gasteiger partial charge in [-0.05, 0) is 79.1 Å². The van der Waals surface area contributed by atoms with Crippen molar-refractivity contribution in [3.05, 3.63) is 30.6 Å². The second-order valence-electron chi connectivity index (χ2n) is 8.42. The molecule has 1 saturated carbocycles. The van der Waals surface area contributed by atoms with Crippen LogP contribution in [0.5, 0.6) is 0 Å². The molecule has 162 valence electrons. The van der Waals surface area contributed by atoms with Gasteiger partial charge in [0.25, 0.3) is 0 Å². The highest BCUT2D eigenvalue weighted by Crippen LogP contribution is 2.27. The van der Waals surface area contributed by atoms with Gasteiger partial charge in [-0.25, -0.2) is 13.1 Å². The number of nitrogens with one attached hydrogen (secondary N) is 1. The Morgan fingerprint density at radius 2 is 1.83 bits per heavy atom. The van der Waals surface area contributed by atoms with Crippen molar-refractivity contribution in [3.63, 3.8) is 0 Å². The highest BCUT2D eigenvalue weighted by atomic mass is 32.2. The number of rotatable bonds is 5. The number of hydrogen-bond donors (Lipinski definition) is 1. The molecular weight excluding hydrogens is 404 g/mol. The molecular formula is C20H28N6O3S. The average molecular weight is 433 g/mol. The number of sulfonamides is 1. The molecule has 10 heteroatoms. The van der Waals surface area contributed by atoms with E-state index in [1.165, 1.54) is 15.3 Å². The second-order valence-corrected chi connectivity index (χ2v) is 10.4. The molecule has 0 bridgehead atoms. The van der Waals surface area contributed by atoms with E-state index in [1.807, 2.05) is 0 Å². The lowest BCUT2D eigenvalue weighted by molar-refractivity contribution is -0.127. The topological polar surface area (TPSA) is 110 Å². The summed E-state index contributed by atoms with van der Waals surface area (Å²) in [6.45, 7) is 2.91. The average Bonchev–Trinajstić information content (AvgIpc) is 3.30. The number of carbonyl (C=O) groups excluding carboxylic acids is 1. The van der Waals surface area contributed by atoms with E-state index in [1.54, 1.807) is 24.3 Å². The molecule has 2 aliphatic rings. The van der Waals surface area contributed by atoms with Crippen molar-refractivity contribution >= 4 is 15.9 Å². The third kappa shape index (κ3) is 4.54. The first-order valence-electron chi connectivity index (χ1n) is 10.6. The number of aromatic nitrogens is 4. The van der Waals surface area contributed by atoms with Crippen LogP contribution in [0.4, 0.5) is 0 Å². The van der Waals surface area contributed by atoms with Crippen molar-refractivity contribution in [2.45, 2.75) is 56.4 Å². The van der Waals surface area contributed by atoms with Crippen LogP contribution in [0.1, 0.15) is 45.4 Å². The number of carbonyl (C=O) groups is 1. The van der Waals surface area contributed by atoms with Gasteiger partial charge in [0, 0.05) is 19.1 Å². The molecule has 1 atom stereocenters. The summed E-state index contributed by atoms with van der Waals surface area (Å²) in [6, 6.07) is 6.67. The molecule has 4 rings (SSSR count). The highest BCUT2D eigenvalue weighted by Gasteiger charge is 2.34. The van der Waals surface area contributed by atoms with Crippen LogP contribution in [0.2, 0.25) is 0 Å². The molecule has 1 aromatic carbocycles. The Balaban J connectivity index is 1.41. The Bertz CT molecular complexity index is 953. The van der Waals surface area contributed by atoms with E-state index in [0.29, 0.717) is 18.7 Å². The number of amides is 1. The zero-order chi connectivity index (χ0) is 21.1. The maximum atomic E-state index is 13.1. The summed E-state index contributed by atoms with van der Waals surface area (Å²) < 4.78 is 29.2. The monoisotopic (exact) mass is 432 g/mol. The van der Waals surface area contributed by atoms with E-state index in [2.05, 4.69) is 27.8 Å². The minimum absolute atomic E-state index is 0.0107. The smallest absolute Gasteiger partial charge is 0.243 e. The lowest BCUT2D eigenvalue weighted by Crippen LogP contribution is -2.48. The molecule has 1 amide bonds. The zero-order valence-corrected chi connectivity index (χ0v) is 18.0. The van der Waals surface area contributed by atoms with Gasteiger partial charge in [-0.1, -0.05) is 6.92 Å². The van der Waals surface area contributed by atoms with Gasteiger partial charge in [0.05, 0.1) is 16.5 Å². The fourth-order valence-electron chi connectivity index (χ4n) is 4.30. The van der Waals surface area contributed by atoms with Gasteiger partial charge in [-0.15, -0.1) is 5.10 Å². The number of hydrogen-bond acceptors (Lipinski definition) is 6. The molecule has 1 aliphatic carbocycles. The summed E-state index contributed by atoms with van der Waals surface area (Å²) in [7, 11) is -3.66. The van der Waals surface area contributed by atoms with Crippen LogP contribution < -0.4 is 5.32 Å². The Hall–Kier alpha value is -2.33. The molecule has 2 aromatic rings. The van der Waals surface area contributed by atoms with Crippen LogP contribution in [0.15, 0.2) is 35.5 Å². The first-order chi connectivity index (χ1) is 14.4. The van der Waals surface area contributed by atoms with Gasteiger partial charge in [0.15, 0.2) is 0 Å². The van der Waals surface area contributed by atoms with Gasteiger partial charge < -0.3 is 5.32 Å². The number of nitrogens with zero attached hydrogens (tertiary/aromatic N) is 5. The lowest BCUT2D eigenvalue weighted by Gasteiger charge is -2.33. The Morgan fingerprint density at radius 3 is 2.50 bits per heavy atom. The van der Waals surface area contributed by atoms with Crippen LogP contribution in [-0.4, -0.2) is 58.0 Å². The minimum atomic E-state index is -3.66. The molecule has 1 N–H and O–H groups in total. The van der Waals surface area contributed by atoms with Crippen molar-refractivity contribution in [3.8, 4) is 5.69 Å². The van der Waals surface area contributed by atoms with Crippen LogP contribution in [0, 0.1) is 11.8 Å². The molecule has 1 aliphatic heterocycles. The van der Waals surface area contributed by atoms with Crippen LogP contribution >= 0.6 is 0 Å². The Kier molecular flexibility index (Phi) is 6.14. The predicted octanol–water partition coefficient (Wildman–Crippen LogP) is 1.76. The number of benzene rings is 1. The molecule has 2 fully saturated rings. The summed E-state index contributed by atoms with van der Waals surface area (Å²) >= 11 is 0. The van der Waals surface area contributed by atoms with Crippen molar-refractivity contribution < 1.29 is 13.2 Å². The summed E-state index contributed by atoms with van der Waals surface area (Å²) in [4.78, 5) is 13.0. The minimum Gasteiger partial charge on any atom is -0.353 e. The third-order valence-corrected chi connectivity index (χ3v) is 8.08. The first kappa shape index (κ1) is 20.9. The number of tetrazole rings is 1.